The zero-order valence-corrected chi connectivity index (χ0v) is 30.0. The summed E-state index contributed by atoms with van der Waals surface area (Å²) in [5.41, 5.74) is 6.36. The van der Waals surface area contributed by atoms with Gasteiger partial charge >= 0.3 is 11.9 Å². The van der Waals surface area contributed by atoms with E-state index in [0.29, 0.717) is 32.1 Å². The van der Waals surface area contributed by atoms with Gasteiger partial charge in [-0.25, -0.2) is 0 Å². The molecule has 0 aromatic rings. The lowest BCUT2D eigenvalue weighted by Gasteiger charge is -2.16. The lowest BCUT2D eigenvalue weighted by Crippen LogP contribution is -2.19. The van der Waals surface area contributed by atoms with Gasteiger partial charge in [0.05, 0.1) is 13.2 Å². The van der Waals surface area contributed by atoms with Crippen molar-refractivity contribution in [1.82, 2.24) is 0 Å². The minimum absolute atomic E-state index is 0.00120. The zero-order chi connectivity index (χ0) is 32.4. The molecule has 0 amide bonds. The third-order valence-corrected chi connectivity index (χ3v) is 9.14. The SMILES string of the molecule is CCCCCCCOC(=O)CCCCCCCCCC(N)CCCCCCCCCC(=O)OCCC(CCCC)CCCC. The third-order valence-electron chi connectivity index (χ3n) is 9.14. The van der Waals surface area contributed by atoms with Crippen LogP contribution in [0.15, 0.2) is 0 Å². The zero-order valence-electron chi connectivity index (χ0n) is 30.0. The highest BCUT2D eigenvalue weighted by Gasteiger charge is 2.10. The summed E-state index contributed by atoms with van der Waals surface area (Å²) in [6, 6.07) is 0.354. The van der Waals surface area contributed by atoms with Crippen molar-refractivity contribution >= 4 is 11.9 Å². The summed E-state index contributed by atoms with van der Waals surface area (Å²) in [7, 11) is 0. The highest BCUT2D eigenvalue weighted by Crippen LogP contribution is 2.20. The van der Waals surface area contributed by atoms with Crippen molar-refractivity contribution < 1.29 is 19.1 Å². The van der Waals surface area contributed by atoms with E-state index >= 15 is 0 Å². The molecule has 0 aliphatic rings. The van der Waals surface area contributed by atoms with Crippen LogP contribution < -0.4 is 5.73 Å². The Hall–Kier alpha value is -1.10. The van der Waals surface area contributed by atoms with Crippen molar-refractivity contribution in [1.29, 1.82) is 0 Å². The Bertz CT molecular complexity index is 603. The fourth-order valence-corrected chi connectivity index (χ4v) is 6.06. The summed E-state index contributed by atoms with van der Waals surface area (Å²) in [4.78, 5) is 23.9. The Morgan fingerprint density at radius 1 is 0.432 bits per heavy atom. The molecule has 5 nitrogen and oxygen atoms in total. The lowest BCUT2D eigenvalue weighted by atomic mass is 9.93. The first-order valence-electron chi connectivity index (χ1n) is 19.6. The summed E-state index contributed by atoms with van der Waals surface area (Å²) in [6.07, 6.45) is 34.9. The maximum Gasteiger partial charge on any atom is 0.305 e. The minimum atomic E-state index is -0.0114. The molecule has 0 spiro atoms. The monoisotopic (exact) mass is 624 g/mol. The molecule has 262 valence electrons. The van der Waals surface area contributed by atoms with Gasteiger partial charge in [-0.2, -0.15) is 0 Å². The Kier molecular flexibility index (Phi) is 33.9. The maximum absolute atomic E-state index is 12.1. The summed E-state index contributed by atoms with van der Waals surface area (Å²) in [5.74, 6) is 0.715. The van der Waals surface area contributed by atoms with Crippen LogP contribution in [0.2, 0.25) is 0 Å². The second kappa shape index (κ2) is 34.8. The van der Waals surface area contributed by atoms with E-state index in [-0.39, 0.29) is 11.9 Å². The molecule has 0 saturated heterocycles. The molecule has 0 saturated carbocycles. The molecule has 5 heteroatoms. The van der Waals surface area contributed by atoms with Gasteiger partial charge in [0.25, 0.3) is 0 Å². The number of hydrogen-bond acceptors (Lipinski definition) is 5. The van der Waals surface area contributed by atoms with Gasteiger partial charge in [0.1, 0.15) is 0 Å². The fourth-order valence-electron chi connectivity index (χ4n) is 6.06. The predicted octanol–water partition coefficient (Wildman–Crippen LogP) is 11.8. The first-order valence-corrected chi connectivity index (χ1v) is 19.6. The number of carbonyl (C=O) groups is 2. The van der Waals surface area contributed by atoms with Crippen molar-refractivity contribution in [2.75, 3.05) is 13.2 Å². The largest absolute Gasteiger partial charge is 0.466 e. The van der Waals surface area contributed by atoms with Crippen molar-refractivity contribution in [2.45, 2.75) is 219 Å². The van der Waals surface area contributed by atoms with Gasteiger partial charge in [-0.1, -0.05) is 162 Å². The molecular weight excluding hydrogens is 546 g/mol. The Morgan fingerprint density at radius 3 is 1.30 bits per heavy atom. The normalized spacial score (nSPS) is 12.1. The number of hydrogen-bond donors (Lipinski definition) is 1. The first kappa shape index (κ1) is 42.9. The molecule has 0 radical (unpaired) electrons. The molecule has 0 aliphatic carbocycles. The number of unbranched alkanes of at least 4 members (excludes halogenated alkanes) is 18. The van der Waals surface area contributed by atoms with Crippen molar-refractivity contribution in [3.8, 4) is 0 Å². The summed E-state index contributed by atoms with van der Waals surface area (Å²) < 4.78 is 10.9. The van der Waals surface area contributed by atoms with E-state index in [4.69, 9.17) is 15.2 Å². The Morgan fingerprint density at radius 2 is 0.818 bits per heavy atom. The van der Waals surface area contributed by atoms with E-state index < -0.39 is 0 Å². The van der Waals surface area contributed by atoms with Gasteiger partial charge in [-0.05, 0) is 44.4 Å². The molecule has 0 aromatic heterocycles. The quantitative estimate of drug-likeness (QED) is 0.0561. The van der Waals surface area contributed by atoms with E-state index in [0.717, 1.165) is 57.3 Å². The van der Waals surface area contributed by atoms with E-state index in [2.05, 4.69) is 20.8 Å². The summed E-state index contributed by atoms with van der Waals surface area (Å²) in [5, 5.41) is 0. The van der Waals surface area contributed by atoms with Crippen LogP contribution in [-0.4, -0.2) is 31.2 Å². The molecule has 0 aromatic carbocycles. The molecule has 1 unspecified atom stereocenters. The average Bonchev–Trinajstić information content (AvgIpc) is 3.02. The van der Waals surface area contributed by atoms with Gasteiger partial charge < -0.3 is 15.2 Å². The smallest absolute Gasteiger partial charge is 0.305 e. The van der Waals surface area contributed by atoms with Crippen LogP contribution in [-0.2, 0) is 19.1 Å². The number of nitrogens with two attached hydrogens (primary N) is 1. The van der Waals surface area contributed by atoms with Crippen molar-refractivity contribution in [3.05, 3.63) is 0 Å². The first-order chi connectivity index (χ1) is 21.5. The summed E-state index contributed by atoms with van der Waals surface area (Å²) >= 11 is 0. The van der Waals surface area contributed by atoms with Gasteiger partial charge in [-0.3, -0.25) is 9.59 Å². The molecule has 1 atom stereocenters. The molecule has 0 rings (SSSR count). The van der Waals surface area contributed by atoms with Crippen LogP contribution in [0.5, 0.6) is 0 Å². The molecule has 0 heterocycles. The van der Waals surface area contributed by atoms with Gasteiger partial charge in [0, 0.05) is 18.9 Å². The lowest BCUT2D eigenvalue weighted by molar-refractivity contribution is -0.145. The molecule has 0 fully saturated rings. The van der Waals surface area contributed by atoms with Crippen molar-refractivity contribution in [2.24, 2.45) is 11.7 Å². The molecule has 0 aliphatic heterocycles. The van der Waals surface area contributed by atoms with Crippen LogP contribution >= 0.6 is 0 Å². The highest BCUT2D eigenvalue weighted by molar-refractivity contribution is 5.69. The number of rotatable bonds is 35. The van der Waals surface area contributed by atoms with E-state index in [9.17, 15) is 9.59 Å². The van der Waals surface area contributed by atoms with Gasteiger partial charge in [0.15, 0.2) is 0 Å². The van der Waals surface area contributed by atoms with Gasteiger partial charge in [-0.15, -0.1) is 0 Å². The minimum Gasteiger partial charge on any atom is -0.466 e. The third kappa shape index (κ3) is 32.3. The summed E-state index contributed by atoms with van der Waals surface area (Å²) in [6.45, 7) is 7.93. The highest BCUT2D eigenvalue weighted by atomic mass is 16.5. The Balaban J connectivity index is 3.43. The van der Waals surface area contributed by atoms with E-state index in [1.807, 2.05) is 0 Å². The van der Waals surface area contributed by atoms with E-state index in [1.165, 1.54) is 128 Å². The van der Waals surface area contributed by atoms with Crippen LogP contribution in [0.4, 0.5) is 0 Å². The van der Waals surface area contributed by atoms with Crippen molar-refractivity contribution in [3.63, 3.8) is 0 Å². The number of esters is 2. The van der Waals surface area contributed by atoms with Crippen LogP contribution in [0.25, 0.3) is 0 Å². The van der Waals surface area contributed by atoms with Crippen LogP contribution in [0.1, 0.15) is 213 Å². The molecule has 0 bridgehead atoms. The van der Waals surface area contributed by atoms with E-state index in [1.54, 1.807) is 0 Å². The average molecular weight is 624 g/mol. The predicted molar refractivity (Wildman–Crippen MR) is 189 cm³/mol. The van der Waals surface area contributed by atoms with Crippen LogP contribution in [0.3, 0.4) is 0 Å². The van der Waals surface area contributed by atoms with Gasteiger partial charge in [0.2, 0.25) is 0 Å². The topological polar surface area (TPSA) is 78.6 Å². The molecule has 2 N–H and O–H groups in total. The second-order valence-corrected chi connectivity index (χ2v) is 13.6. The maximum atomic E-state index is 12.1. The molecule has 44 heavy (non-hydrogen) atoms. The number of carbonyl (C=O) groups excluding carboxylic acids is 2. The fraction of sp³-hybridized carbons (Fsp3) is 0.949. The standard InChI is InChI=1S/C39H77NO4/c1-4-7-10-21-26-34-43-38(41)31-24-19-15-11-13-17-22-29-37(40)30-23-18-14-12-16-20-25-32-39(42)44-35-33-36(27-8-5-2)28-9-6-3/h36-37H,4-35,40H2,1-3H3. The number of ether oxygens (including phenoxy) is 2. The molecular formula is C39H77NO4. The Labute approximate surface area is 274 Å². The van der Waals surface area contributed by atoms with Crippen LogP contribution in [0, 0.1) is 5.92 Å². The second-order valence-electron chi connectivity index (χ2n) is 13.6.